The van der Waals surface area contributed by atoms with Crippen LogP contribution in [0.1, 0.15) is 25.7 Å². The molecule has 1 heterocycles. The maximum atomic E-state index is 8.49. The summed E-state index contributed by atoms with van der Waals surface area (Å²) in [6.45, 7) is 4.74. The van der Waals surface area contributed by atoms with Crippen LogP contribution in [0.25, 0.3) is 0 Å². The summed E-state index contributed by atoms with van der Waals surface area (Å²) in [6, 6.07) is 0. The molecule has 2 N–H and O–H groups in total. The van der Waals surface area contributed by atoms with Crippen molar-refractivity contribution in [2.24, 2.45) is 0 Å². The van der Waals surface area contributed by atoms with Gasteiger partial charge in [0.25, 0.3) is 0 Å². The molecule has 0 spiro atoms. The molecule has 1 aliphatic heterocycles. The normalized spacial score (nSPS) is 18.7. The van der Waals surface area contributed by atoms with Gasteiger partial charge in [0, 0.05) is 0 Å². The van der Waals surface area contributed by atoms with Crippen molar-refractivity contribution in [3.05, 3.63) is 0 Å². The van der Waals surface area contributed by atoms with Gasteiger partial charge in [0.05, 0.1) is 0 Å². The van der Waals surface area contributed by atoms with E-state index in [1.165, 1.54) is 74.9 Å². The minimum atomic E-state index is -4.94. The van der Waals surface area contributed by atoms with Crippen LogP contribution in [0, 0.1) is 20.5 Å². The summed E-state index contributed by atoms with van der Waals surface area (Å²) in [7, 11) is -9.89. The maximum absolute atomic E-state index is 8.49. The zero-order valence-corrected chi connectivity index (χ0v) is 18.7. The second-order valence-electron chi connectivity index (χ2n) is 4.89. The first-order valence-corrected chi connectivity index (χ1v) is 12.6. The molecule has 1 saturated heterocycles. The monoisotopic (exact) mass is 523 g/mol. The SMILES string of the molecule is C1CNCCCSCCCSCCCNC1.[Cu+2].[O-][Cl+3]([O-])([O-])[O-].[O-][Cl+3]([O-])([O-])[O-]. The smallest absolute Gasteiger partial charge is 0.317 e. The van der Waals surface area contributed by atoms with Crippen molar-refractivity contribution in [1.82, 2.24) is 10.6 Å². The molecule has 0 atom stereocenters. The van der Waals surface area contributed by atoms with E-state index in [0.717, 1.165) is 0 Å². The van der Waals surface area contributed by atoms with Crippen molar-refractivity contribution in [3.8, 4) is 0 Å². The average molecular weight is 525 g/mol. The van der Waals surface area contributed by atoms with E-state index in [1.54, 1.807) is 0 Å². The van der Waals surface area contributed by atoms with Gasteiger partial charge in [0.15, 0.2) is 0 Å². The van der Waals surface area contributed by atoms with Crippen molar-refractivity contribution in [2.45, 2.75) is 25.7 Å². The largest absolute Gasteiger partial charge is 2.00 e. The van der Waals surface area contributed by atoms with Gasteiger partial charge in [-0.3, -0.25) is 0 Å². The van der Waals surface area contributed by atoms with Gasteiger partial charge in [-0.15, -0.1) is 20.5 Å². The fraction of sp³-hybridized carbons (Fsp3) is 1.00. The van der Waals surface area contributed by atoms with Crippen LogP contribution in [0.3, 0.4) is 0 Å². The number of thioether (sulfide) groups is 2. The topological polar surface area (TPSA) is 209 Å². The molecule has 27 heavy (non-hydrogen) atoms. The van der Waals surface area contributed by atoms with Crippen molar-refractivity contribution >= 4 is 23.5 Å². The molecule has 1 rings (SSSR count). The molecule has 1 radical (unpaired) electrons. The Balaban J connectivity index is -0.000000436. The minimum Gasteiger partial charge on any atom is -0.317 e. The molecule has 0 saturated carbocycles. The Kier molecular flexibility index (Phi) is 27.0. The fourth-order valence-electron chi connectivity index (χ4n) is 1.65. The van der Waals surface area contributed by atoms with Gasteiger partial charge in [-0.05, 0) is 74.9 Å². The van der Waals surface area contributed by atoms with Crippen molar-refractivity contribution in [1.29, 1.82) is 0 Å². The second kappa shape index (κ2) is 22.1. The van der Waals surface area contributed by atoms with Gasteiger partial charge in [-0.25, -0.2) is 37.3 Å². The quantitative estimate of drug-likeness (QED) is 0.283. The third-order valence-electron chi connectivity index (χ3n) is 2.57. The summed E-state index contributed by atoms with van der Waals surface area (Å²) in [5.74, 6) is 5.36. The average Bonchev–Trinajstić information content (AvgIpc) is 2.44. The minimum absolute atomic E-state index is 0. The third kappa shape index (κ3) is 58.4. The Labute approximate surface area is 183 Å². The van der Waals surface area contributed by atoms with E-state index in [-0.39, 0.29) is 17.1 Å². The summed E-state index contributed by atoms with van der Waals surface area (Å²) >= 11 is 4.25. The van der Waals surface area contributed by atoms with Gasteiger partial charge in [0.2, 0.25) is 0 Å². The summed E-state index contributed by atoms with van der Waals surface area (Å²) in [6.07, 6.45) is 5.30. The number of nitrogens with one attached hydrogen (secondary N) is 2. The van der Waals surface area contributed by atoms with E-state index in [4.69, 9.17) is 37.3 Å². The van der Waals surface area contributed by atoms with E-state index in [2.05, 4.69) is 34.2 Å². The summed E-state index contributed by atoms with van der Waals surface area (Å²) in [5.41, 5.74) is 0. The van der Waals surface area contributed by atoms with Gasteiger partial charge >= 0.3 is 17.1 Å². The number of rotatable bonds is 0. The van der Waals surface area contributed by atoms with Crippen molar-refractivity contribution < 1.29 is 74.8 Å². The number of hydrogen-bond donors (Lipinski definition) is 2. The van der Waals surface area contributed by atoms with Crippen LogP contribution in [-0.4, -0.2) is 49.2 Å². The molecule has 0 aliphatic carbocycles. The van der Waals surface area contributed by atoms with Crippen LogP contribution in [-0.2, 0) is 17.1 Å². The van der Waals surface area contributed by atoms with Crippen molar-refractivity contribution in [3.63, 3.8) is 0 Å². The Bertz CT molecular complexity index is 218. The molecular formula is C12H26Cl2CuN2O8S2. The van der Waals surface area contributed by atoms with E-state index < -0.39 is 20.5 Å². The van der Waals surface area contributed by atoms with E-state index >= 15 is 0 Å². The van der Waals surface area contributed by atoms with Crippen LogP contribution in [0.2, 0.25) is 0 Å². The molecule has 0 aromatic rings. The standard InChI is InChI=1S/C12H26N2S2.2ClHO4.Cu/c1-5-13-7-2-9-15-11-4-12-16-10-3-8-14-6-1;2*2-1(3,4)5;/h13-14H,1-12H2;2*(H,2,3,4,5);/q;;;+2/p-2. The predicted octanol–water partition coefficient (Wildman–Crippen LogP) is -7.31. The molecule has 0 unspecified atom stereocenters. The fourth-order valence-corrected chi connectivity index (χ4v) is 3.64. The third-order valence-corrected chi connectivity index (χ3v) is 4.88. The van der Waals surface area contributed by atoms with Gasteiger partial charge in [0.1, 0.15) is 0 Å². The summed E-state index contributed by atoms with van der Waals surface area (Å²) in [4.78, 5) is 0. The Morgan fingerprint density at radius 2 is 0.741 bits per heavy atom. The first-order valence-electron chi connectivity index (χ1n) is 7.80. The molecule has 10 nitrogen and oxygen atoms in total. The maximum Gasteiger partial charge on any atom is 2.00 e. The zero-order valence-electron chi connectivity index (χ0n) is 14.6. The Morgan fingerprint density at radius 1 is 0.481 bits per heavy atom. The van der Waals surface area contributed by atoms with E-state index in [1.807, 2.05) is 0 Å². The first kappa shape index (κ1) is 33.0. The Hall–Kier alpha value is 1.40. The number of halogens is 2. The van der Waals surface area contributed by atoms with Gasteiger partial charge in [-0.2, -0.15) is 23.5 Å². The molecule has 169 valence electrons. The Morgan fingerprint density at radius 3 is 1.07 bits per heavy atom. The van der Waals surface area contributed by atoms with Crippen LogP contribution < -0.4 is 47.9 Å². The van der Waals surface area contributed by atoms with Crippen LogP contribution in [0.4, 0.5) is 0 Å². The van der Waals surface area contributed by atoms with Gasteiger partial charge in [-0.1, -0.05) is 0 Å². The molecule has 0 amide bonds. The zero-order chi connectivity index (χ0) is 20.3. The molecule has 0 bridgehead atoms. The molecular weight excluding hydrogens is 499 g/mol. The second-order valence-corrected chi connectivity index (χ2v) is 8.86. The summed E-state index contributed by atoms with van der Waals surface area (Å²) < 4.78 is 67.9. The van der Waals surface area contributed by atoms with Crippen molar-refractivity contribution in [2.75, 3.05) is 49.2 Å². The predicted molar refractivity (Wildman–Crippen MR) is 78.9 cm³/mol. The molecule has 1 aliphatic rings. The molecule has 1 fully saturated rings. The first-order chi connectivity index (χ1) is 12.0. The van der Waals surface area contributed by atoms with Crippen LogP contribution >= 0.6 is 23.5 Å². The van der Waals surface area contributed by atoms with Crippen LogP contribution in [0.15, 0.2) is 0 Å². The van der Waals surface area contributed by atoms with E-state index in [9.17, 15) is 0 Å². The van der Waals surface area contributed by atoms with Gasteiger partial charge < -0.3 is 10.6 Å². The number of hydrogen-bond acceptors (Lipinski definition) is 12. The molecule has 0 aromatic heterocycles. The summed E-state index contributed by atoms with van der Waals surface area (Å²) in [5, 5.41) is 7.02. The molecule has 15 heteroatoms. The molecule has 0 aromatic carbocycles. The van der Waals surface area contributed by atoms with E-state index in [0.29, 0.717) is 0 Å². The van der Waals surface area contributed by atoms with Crippen LogP contribution in [0.5, 0.6) is 0 Å².